The molecule has 1 amide bonds. The minimum absolute atomic E-state index is 0.310. The van der Waals surface area contributed by atoms with Gasteiger partial charge in [0.2, 0.25) is 5.91 Å². The summed E-state index contributed by atoms with van der Waals surface area (Å²) in [5.41, 5.74) is 5.01. The number of primary amides is 1. The van der Waals surface area contributed by atoms with Crippen LogP contribution in [0.1, 0.15) is 6.42 Å². The number of benzene rings is 1. The first-order valence-corrected chi connectivity index (χ1v) is 5.70. The zero-order valence-electron chi connectivity index (χ0n) is 7.30. The van der Waals surface area contributed by atoms with Crippen LogP contribution in [0.5, 0.6) is 0 Å². The van der Waals surface area contributed by atoms with Gasteiger partial charge in [0.1, 0.15) is 0 Å². The van der Waals surface area contributed by atoms with Crippen LogP contribution in [0.3, 0.4) is 0 Å². The second-order valence-electron chi connectivity index (χ2n) is 2.64. The van der Waals surface area contributed by atoms with Crippen molar-refractivity contribution in [2.75, 3.05) is 5.75 Å². The standard InChI is InChI=1S/C9H9Cl2NOS/c10-6-1-2-7(11)8(5-6)14-4-3-9(12)13/h1-2,5H,3-4H2,(H2,12,13). The number of nitrogens with two attached hydrogens (primary N) is 1. The van der Waals surface area contributed by atoms with Crippen LogP contribution >= 0.6 is 35.0 Å². The summed E-state index contributed by atoms with van der Waals surface area (Å²) in [6.07, 6.45) is 0.341. The van der Waals surface area contributed by atoms with E-state index >= 15 is 0 Å². The lowest BCUT2D eigenvalue weighted by atomic mass is 10.4. The summed E-state index contributed by atoms with van der Waals surface area (Å²) in [4.78, 5) is 11.4. The van der Waals surface area contributed by atoms with Crippen molar-refractivity contribution in [1.29, 1.82) is 0 Å². The van der Waals surface area contributed by atoms with Crippen LogP contribution < -0.4 is 5.73 Å². The van der Waals surface area contributed by atoms with Crippen molar-refractivity contribution in [2.45, 2.75) is 11.3 Å². The van der Waals surface area contributed by atoms with E-state index in [-0.39, 0.29) is 5.91 Å². The van der Waals surface area contributed by atoms with Gasteiger partial charge in [-0.15, -0.1) is 11.8 Å². The SMILES string of the molecule is NC(=O)CCSc1cc(Cl)ccc1Cl. The highest BCUT2D eigenvalue weighted by atomic mass is 35.5. The van der Waals surface area contributed by atoms with Gasteiger partial charge in [-0.3, -0.25) is 4.79 Å². The fraction of sp³-hybridized carbons (Fsp3) is 0.222. The Hall–Kier alpha value is -0.380. The number of carbonyl (C=O) groups is 1. The molecule has 0 unspecified atom stereocenters. The summed E-state index contributed by atoms with van der Waals surface area (Å²) < 4.78 is 0. The number of rotatable bonds is 4. The van der Waals surface area contributed by atoms with E-state index in [0.717, 1.165) is 4.90 Å². The Morgan fingerprint density at radius 3 is 2.79 bits per heavy atom. The summed E-state index contributed by atoms with van der Waals surface area (Å²) in [5.74, 6) is 0.311. The summed E-state index contributed by atoms with van der Waals surface area (Å²) in [7, 11) is 0. The molecule has 0 atom stereocenters. The molecule has 0 aromatic heterocycles. The zero-order valence-corrected chi connectivity index (χ0v) is 9.62. The smallest absolute Gasteiger partial charge is 0.218 e. The molecular formula is C9H9Cl2NOS. The zero-order chi connectivity index (χ0) is 10.6. The number of carbonyl (C=O) groups excluding carboxylic acids is 1. The monoisotopic (exact) mass is 249 g/mol. The van der Waals surface area contributed by atoms with Crippen molar-refractivity contribution in [3.05, 3.63) is 28.2 Å². The first-order chi connectivity index (χ1) is 6.59. The normalized spacial score (nSPS) is 10.1. The van der Waals surface area contributed by atoms with Crippen LogP contribution in [-0.2, 0) is 4.79 Å². The van der Waals surface area contributed by atoms with Crippen molar-refractivity contribution >= 4 is 40.9 Å². The van der Waals surface area contributed by atoms with Crippen molar-refractivity contribution in [2.24, 2.45) is 5.73 Å². The molecule has 1 rings (SSSR count). The highest BCUT2D eigenvalue weighted by Crippen LogP contribution is 2.29. The Balaban J connectivity index is 2.57. The molecule has 2 N–H and O–H groups in total. The van der Waals surface area contributed by atoms with Crippen molar-refractivity contribution in [3.63, 3.8) is 0 Å². The van der Waals surface area contributed by atoms with E-state index in [2.05, 4.69) is 0 Å². The van der Waals surface area contributed by atoms with E-state index in [9.17, 15) is 4.79 Å². The molecule has 0 aliphatic carbocycles. The van der Waals surface area contributed by atoms with Crippen molar-refractivity contribution in [3.8, 4) is 0 Å². The lowest BCUT2D eigenvalue weighted by Gasteiger charge is -2.03. The van der Waals surface area contributed by atoms with Gasteiger partial charge in [0.25, 0.3) is 0 Å². The number of halogens is 2. The first-order valence-electron chi connectivity index (χ1n) is 3.96. The van der Waals surface area contributed by atoms with Crippen LogP contribution in [0.2, 0.25) is 10.0 Å². The van der Waals surface area contributed by atoms with Gasteiger partial charge in [-0.2, -0.15) is 0 Å². The molecule has 76 valence electrons. The van der Waals surface area contributed by atoms with Crippen LogP contribution in [-0.4, -0.2) is 11.7 Å². The third-order valence-electron chi connectivity index (χ3n) is 1.50. The van der Waals surface area contributed by atoms with Gasteiger partial charge in [-0.25, -0.2) is 0 Å². The van der Waals surface area contributed by atoms with E-state index in [4.69, 9.17) is 28.9 Å². The molecule has 0 heterocycles. The van der Waals surface area contributed by atoms with Gasteiger partial charge >= 0.3 is 0 Å². The average molecular weight is 250 g/mol. The second-order valence-corrected chi connectivity index (χ2v) is 4.62. The van der Waals surface area contributed by atoms with Crippen LogP contribution in [0, 0.1) is 0 Å². The lowest BCUT2D eigenvalue weighted by molar-refractivity contribution is -0.117. The minimum atomic E-state index is -0.310. The maximum absolute atomic E-state index is 10.5. The molecule has 0 spiro atoms. The highest BCUT2D eigenvalue weighted by Gasteiger charge is 2.02. The summed E-state index contributed by atoms with van der Waals surface area (Å²) >= 11 is 13.2. The van der Waals surface area contributed by atoms with E-state index < -0.39 is 0 Å². The van der Waals surface area contributed by atoms with E-state index in [1.54, 1.807) is 18.2 Å². The quantitative estimate of drug-likeness (QED) is 0.835. The highest BCUT2D eigenvalue weighted by molar-refractivity contribution is 7.99. The molecule has 1 aromatic carbocycles. The Morgan fingerprint density at radius 2 is 2.14 bits per heavy atom. The maximum Gasteiger partial charge on any atom is 0.218 e. The van der Waals surface area contributed by atoms with E-state index in [1.807, 2.05) is 0 Å². The van der Waals surface area contributed by atoms with Gasteiger partial charge < -0.3 is 5.73 Å². The fourth-order valence-electron chi connectivity index (χ4n) is 0.849. The molecule has 1 aromatic rings. The van der Waals surface area contributed by atoms with Crippen LogP contribution in [0.15, 0.2) is 23.1 Å². The van der Waals surface area contributed by atoms with Crippen molar-refractivity contribution in [1.82, 2.24) is 0 Å². The Labute approximate surface area is 96.8 Å². The molecular weight excluding hydrogens is 241 g/mol. The summed E-state index contributed by atoms with van der Waals surface area (Å²) in [6, 6.07) is 5.23. The predicted octanol–water partition coefficient (Wildman–Crippen LogP) is 2.96. The molecule has 0 radical (unpaired) electrons. The Bertz CT molecular complexity index is 344. The summed E-state index contributed by atoms with van der Waals surface area (Å²) in [6.45, 7) is 0. The third kappa shape index (κ3) is 3.78. The van der Waals surface area contributed by atoms with Gasteiger partial charge in [-0.05, 0) is 18.2 Å². The molecule has 0 saturated carbocycles. The fourth-order valence-corrected chi connectivity index (χ4v) is 2.31. The van der Waals surface area contributed by atoms with E-state index in [1.165, 1.54) is 11.8 Å². The maximum atomic E-state index is 10.5. The van der Waals surface area contributed by atoms with Crippen molar-refractivity contribution < 1.29 is 4.79 Å². The summed E-state index contributed by atoms with van der Waals surface area (Å²) in [5, 5.41) is 1.28. The molecule has 14 heavy (non-hydrogen) atoms. The number of amides is 1. The predicted molar refractivity (Wildman–Crippen MR) is 61.0 cm³/mol. The molecule has 0 bridgehead atoms. The average Bonchev–Trinajstić information content (AvgIpc) is 2.10. The Morgan fingerprint density at radius 1 is 1.43 bits per heavy atom. The molecule has 2 nitrogen and oxygen atoms in total. The van der Waals surface area contributed by atoms with Gasteiger partial charge in [-0.1, -0.05) is 23.2 Å². The van der Waals surface area contributed by atoms with Gasteiger partial charge in [0.15, 0.2) is 0 Å². The van der Waals surface area contributed by atoms with Gasteiger partial charge in [0, 0.05) is 22.1 Å². The molecule has 0 saturated heterocycles. The van der Waals surface area contributed by atoms with E-state index in [0.29, 0.717) is 22.2 Å². The largest absolute Gasteiger partial charge is 0.370 e. The number of hydrogen-bond donors (Lipinski definition) is 1. The number of thioether (sulfide) groups is 1. The molecule has 0 fully saturated rings. The third-order valence-corrected chi connectivity index (χ3v) is 3.23. The molecule has 5 heteroatoms. The molecule has 0 aliphatic rings. The molecule has 0 aliphatic heterocycles. The second kappa shape index (κ2) is 5.49. The topological polar surface area (TPSA) is 43.1 Å². The van der Waals surface area contributed by atoms with Crippen LogP contribution in [0.25, 0.3) is 0 Å². The Kier molecular flexibility index (Phi) is 4.58. The van der Waals surface area contributed by atoms with Gasteiger partial charge in [0.05, 0.1) is 5.02 Å². The first kappa shape index (κ1) is 11.7. The number of hydrogen-bond acceptors (Lipinski definition) is 2. The van der Waals surface area contributed by atoms with Crippen LogP contribution in [0.4, 0.5) is 0 Å². The lowest BCUT2D eigenvalue weighted by Crippen LogP contribution is -2.10. The minimum Gasteiger partial charge on any atom is -0.370 e.